The van der Waals surface area contributed by atoms with E-state index in [-0.39, 0.29) is 29.5 Å². The number of rotatable bonds is 2. The van der Waals surface area contributed by atoms with Gasteiger partial charge in [-0.2, -0.15) is 0 Å². The molecule has 3 heteroatoms. The molecule has 20 heavy (non-hydrogen) atoms. The Morgan fingerprint density at radius 3 is 2.55 bits per heavy atom. The minimum Gasteiger partial charge on any atom is -0.372 e. The molecule has 0 aliphatic heterocycles. The molecule has 0 heterocycles. The van der Waals surface area contributed by atoms with E-state index < -0.39 is 11.8 Å². The van der Waals surface area contributed by atoms with Crippen LogP contribution in [0.2, 0.25) is 0 Å². The molecule has 0 spiro atoms. The van der Waals surface area contributed by atoms with E-state index in [0.29, 0.717) is 11.8 Å². The van der Waals surface area contributed by atoms with E-state index in [1.54, 1.807) is 0 Å². The summed E-state index contributed by atoms with van der Waals surface area (Å²) in [6.07, 6.45) is 5.11. The first kappa shape index (κ1) is 13.2. The summed E-state index contributed by atoms with van der Waals surface area (Å²) in [5, 5.41) is 0. The Kier molecular flexibility index (Phi) is 2.55. The fourth-order valence-electron chi connectivity index (χ4n) is 6.14. The average molecular weight is 282 g/mol. The van der Waals surface area contributed by atoms with E-state index in [9.17, 15) is 8.78 Å². The van der Waals surface area contributed by atoms with Gasteiger partial charge in [-0.25, -0.2) is 8.78 Å². The molecule has 0 radical (unpaired) electrons. The summed E-state index contributed by atoms with van der Waals surface area (Å²) in [6, 6.07) is 0. The first-order chi connectivity index (χ1) is 9.34. The van der Waals surface area contributed by atoms with Gasteiger partial charge in [0.15, 0.2) is 0 Å². The third-order valence-electron chi connectivity index (χ3n) is 6.40. The molecule has 4 bridgehead atoms. The van der Waals surface area contributed by atoms with Crippen LogP contribution in [0.1, 0.15) is 40.0 Å². The maximum absolute atomic E-state index is 14.0. The van der Waals surface area contributed by atoms with E-state index in [4.69, 9.17) is 4.74 Å². The van der Waals surface area contributed by atoms with Crippen LogP contribution in [0, 0.1) is 35.0 Å². The molecule has 1 nitrogen and oxygen atoms in total. The molecule has 0 amide bonds. The molecule has 7 atom stereocenters. The third-order valence-corrected chi connectivity index (χ3v) is 6.40. The fraction of sp³-hybridized carbons (Fsp3) is 0.882. The van der Waals surface area contributed by atoms with E-state index in [1.807, 2.05) is 0 Å². The number of alkyl halides is 2. The van der Waals surface area contributed by atoms with Crippen molar-refractivity contribution in [2.45, 2.75) is 58.2 Å². The molecule has 4 aliphatic carbocycles. The number of ether oxygens (including phenoxy) is 1. The molecule has 3 saturated carbocycles. The van der Waals surface area contributed by atoms with Crippen LogP contribution in [0.3, 0.4) is 0 Å². The number of allylic oxidation sites excluding steroid dienone is 2. The summed E-state index contributed by atoms with van der Waals surface area (Å²) in [5.41, 5.74) is -0.877. The Labute approximate surface area is 119 Å². The molecule has 3 fully saturated rings. The van der Waals surface area contributed by atoms with E-state index in [2.05, 4.69) is 32.9 Å². The second-order valence-corrected chi connectivity index (χ2v) is 8.32. The van der Waals surface area contributed by atoms with E-state index in [0.717, 1.165) is 19.3 Å². The molecule has 4 rings (SSSR count). The first-order valence-electron chi connectivity index (χ1n) is 7.98. The Balaban J connectivity index is 1.67. The summed E-state index contributed by atoms with van der Waals surface area (Å²) < 4.78 is 34.2. The minimum absolute atomic E-state index is 0.128. The van der Waals surface area contributed by atoms with Crippen molar-refractivity contribution in [2.75, 3.05) is 0 Å². The lowest BCUT2D eigenvalue weighted by atomic mass is 9.60. The zero-order valence-corrected chi connectivity index (χ0v) is 12.5. The molecular formula is C17H24F2O. The van der Waals surface area contributed by atoms with Gasteiger partial charge in [0.2, 0.25) is 6.43 Å². The van der Waals surface area contributed by atoms with Crippen LogP contribution in [-0.2, 0) is 4.74 Å². The molecule has 0 N–H and O–H groups in total. The molecule has 7 unspecified atom stereocenters. The van der Waals surface area contributed by atoms with Gasteiger partial charge in [0.25, 0.3) is 0 Å². The van der Waals surface area contributed by atoms with Gasteiger partial charge in [0, 0.05) is 5.41 Å². The van der Waals surface area contributed by atoms with Gasteiger partial charge < -0.3 is 4.74 Å². The Hall–Kier alpha value is -0.440. The first-order valence-corrected chi connectivity index (χ1v) is 7.98. The van der Waals surface area contributed by atoms with E-state index >= 15 is 0 Å². The molecule has 0 aromatic rings. The molecule has 0 aromatic carbocycles. The lowest BCUT2D eigenvalue weighted by Crippen LogP contribution is -2.50. The largest absolute Gasteiger partial charge is 0.372 e. The summed E-state index contributed by atoms with van der Waals surface area (Å²) in [7, 11) is 0. The highest BCUT2D eigenvalue weighted by Gasteiger charge is 2.73. The molecule has 112 valence electrons. The topological polar surface area (TPSA) is 9.23 Å². The van der Waals surface area contributed by atoms with Gasteiger partial charge in [0.1, 0.15) is 0 Å². The van der Waals surface area contributed by atoms with Crippen LogP contribution >= 0.6 is 0 Å². The quantitative estimate of drug-likeness (QED) is 0.542. The second-order valence-electron chi connectivity index (χ2n) is 8.32. The fourth-order valence-corrected chi connectivity index (χ4v) is 6.14. The van der Waals surface area contributed by atoms with Crippen molar-refractivity contribution < 1.29 is 13.5 Å². The van der Waals surface area contributed by atoms with Crippen LogP contribution in [-0.4, -0.2) is 18.1 Å². The smallest absolute Gasteiger partial charge is 0.245 e. The SMILES string of the molecule is CC(C)(C)OC1CC2CC1C1C3C=CC(C3)C21C(F)F. The third kappa shape index (κ3) is 1.45. The maximum Gasteiger partial charge on any atom is 0.245 e. The molecular weight excluding hydrogens is 258 g/mol. The number of halogens is 2. The van der Waals surface area contributed by atoms with Crippen LogP contribution in [0.25, 0.3) is 0 Å². The normalized spacial score (nSPS) is 52.3. The predicted octanol–water partition coefficient (Wildman–Crippen LogP) is 4.28. The summed E-state index contributed by atoms with van der Waals surface area (Å²) in [5.74, 6) is 1.21. The number of hydrogen-bond acceptors (Lipinski definition) is 1. The van der Waals surface area contributed by atoms with Gasteiger partial charge in [-0.3, -0.25) is 0 Å². The zero-order chi connectivity index (χ0) is 14.3. The van der Waals surface area contributed by atoms with Crippen LogP contribution < -0.4 is 0 Å². The lowest BCUT2D eigenvalue weighted by Gasteiger charge is -2.47. The molecule has 4 aliphatic rings. The zero-order valence-electron chi connectivity index (χ0n) is 12.5. The van der Waals surface area contributed by atoms with Crippen LogP contribution in [0.15, 0.2) is 12.2 Å². The highest BCUT2D eigenvalue weighted by atomic mass is 19.3. The van der Waals surface area contributed by atoms with Crippen molar-refractivity contribution >= 4 is 0 Å². The van der Waals surface area contributed by atoms with Gasteiger partial charge in [-0.15, -0.1) is 0 Å². The Morgan fingerprint density at radius 1 is 1.15 bits per heavy atom. The second kappa shape index (κ2) is 3.85. The van der Waals surface area contributed by atoms with Crippen molar-refractivity contribution in [3.63, 3.8) is 0 Å². The molecule has 0 saturated heterocycles. The lowest BCUT2D eigenvalue weighted by molar-refractivity contribution is -0.149. The van der Waals surface area contributed by atoms with Crippen LogP contribution in [0.5, 0.6) is 0 Å². The number of fused-ring (bicyclic) bond motifs is 9. The van der Waals surface area contributed by atoms with Gasteiger partial charge >= 0.3 is 0 Å². The predicted molar refractivity (Wildman–Crippen MR) is 73.5 cm³/mol. The highest BCUT2D eigenvalue weighted by Crippen LogP contribution is 2.74. The van der Waals surface area contributed by atoms with Crippen molar-refractivity contribution in [1.82, 2.24) is 0 Å². The highest BCUT2D eigenvalue weighted by molar-refractivity contribution is 5.27. The minimum atomic E-state index is -2.17. The van der Waals surface area contributed by atoms with Crippen molar-refractivity contribution in [2.24, 2.45) is 35.0 Å². The Morgan fingerprint density at radius 2 is 1.90 bits per heavy atom. The van der Waals surface area contributed by atoms with Crippen molar-refractivity contribution in [3.8, 4) is 0 Å². The van der Waals surface area contributed by atoms with E-state index in [1.165, 1.54) is 0 Å². The Bertz CT molecular complexity index is 452. The van der Waals surface area contributed by atoms with Gasteiger partial charge in [-0.1, -0.05) is 12.2 Å². The van der Waals surface area contributed by atoms with Gasteiger partial charge in [-0.05, 0) is 69.6 Å². The van der Waals surface area contributed by atoms with Crippen molar-refractivity contribution in [1.29, 1.82) is 0 Å². The number of hydrogen-bond donors (Lipinski definition) is 0. The average Bonchev–Trinajstić information content (AvgIpc) is 3.02. The maximum atomic E-state index is 14.0. The van der Waals surface area contributed by atoms with Crippen LogP contribution in [0.4, 0.5) is 8.78 Å². The summed E-state index contributed by atoms with van der Waals surface area (Å²) >= 11 is 0. The molecule has 0 aromatic heterocycles. The van der Waals surface area contributed by atoms with Crippen molar-refractivity contribution in [3.05, 3.63) is 12.2 Å². The summed E-state index contributed by atoms with van der Waals surface area (Å²) in [6.45, 7) is 6.21. The monoisotopic (exact) mass is 282 g/mol. The standard InChI is InChI=1S/C17H24F2O/c1-16(2,3)20-13-8-11-7-12(13)14-9-4-5-10(6-9)17(11,14)15(18)19/h4-5,9-15H,6-8H2,1-3H3. The van der Waals surface area contributed by atoms with Gasteiger partial charge in [0.05, 0.1) is 11.7 Å². The summed E-state index contributed by atoms with van der Waals surface area (Å²) in [4.78, 5) is 0.